The maximum Gasteiger partial charge on any atom is 0.417 e. The first-order chi connectivity index (χ1) is 10.4. The van der Waals surface area contributed by atoms with E-state index in [1.165, 1.54) is 18.2 Å². The summed E-state index contributed by atoms with van der Waals surface area (Å²) in [6.07, 6.45) is -0.995. The monoisotopic (exact) mass is 330 g/mol. The van der Waals surface area contributed by atoms with Gasteiger partial charge >= 0.3 is 6.18 Å². The molecule has 0 saturated carbocycles. The maximum absolute atomic E-state index is 13.1. The van der Waals surface area contributed by atoms with E-state index in [0.29, 0.717) is 12.8 Å². The van der Waals surface area contributed by atoms with Crippen LogP contribution in [-0.2, 0) is 17.0 Å². The van der Waals surface area contributed by atoms with Gasteiger partial charge in [0, 0.05) is 32.8 Å². The highest BCUT2D eigenvalue weighted by Gasteiger charge is 2.42. The van der Waals surface area contributed by atoms with E-state index in [1.54, 1.807) is 0 Å². The Hall–Kier alpha value is -1.17. The number of hydrogen-bond donors (Lipinski definition) is 0. The van der Waals surface area contributed by atoms with Crippen LogP contribution in [0.2, 0.25) is 0 Å². The maximum atomic E-state index is 13.1. The molecule has 2 heterocycles. The van der Waals surface area contributed by atoms with Crippen LogP contribution in [-0.4, -0.2) is 20.5 Å². The molecule has 2 fully saturated rings. The van der Waals surface area contributed by atoms with Crippen LogP contribution >= 0.6 is 0 Å². The molecule has 1 aromatic carbocycles. The van der Waals surface area contributed by atoms with Crippen molar-refractivity contribution < 1.29 is 22.2 Å². The Morgan fingerprint density at radius 2 is 1.68 bits per heavy atom. The second-order valence-electron chi connectivity index (χ2n) is 6.08. The summed E-state index contributed by atoms with van der Waals surface area (Å²) in [6.45, 7) is 0. The molecule has 0 aliphatic carbocycles. The van der Waals surface area contributed by atoms with E-state index in [0.717, 1.165) is 25.3 Å². The molecule has 2 unspecified atom stereocenters. The van der Waals surface area contributed by atoms with Crippen LogP contribution in [0.4, 0.5) is 13.2 Å². The summed E-state index contributed by atoms with van der Waals surface area (Å²) in [6, 6.07) is 4.97. The van der Waals surface area contributed by atoms with Crippen molar-refractivity contribution in [1.82, 2.24) is 0 Å². The summed E-state index contributed by atoms with van der Waals surface area (Å²) >= 11 is 0. The summed E-state index contributed by atoms with van der Waals surface area (Å²) in [5, 5.41) is -0.0565. The molecule has 3 rings (SSSR count). The van der Waals surface area contributed by atoms with Gasteiger partial charge in [-0.3, -0.25) is 9.00 Å². The number of fused-ring (bicyclic) bond motifs is 2. The van der Waals surface area contributed by atoms with Crippen molar-refractivity contribution >= 4 is 16.6 Å². The van der Waals surface area contributed by atoms with Crippen molar-refractivity contribution in [1.29, 1.82) is 0 Å². The highest BCUT2D eigenvalue weighted by molar-refractivity contribution is 7.86. The number of hydrogen-bond acceptors (Lipinski definition) is 2. The highest BCUT2D eigenvalue weighted by atomic mass is 32.2. The summed E-state index contributed by atoms with van der Waals surface area (Å²) in [4.78, 5) is 12.6. The lowest BCUT2D eigenvalue weighted by Crippen LogP contribution is -2.41. The number of Topliss-reactive ketones (excluding diaryl/α,β-unsaturated/α-hetero) is 1. The Labute approximate surface area is 129 Å². The number of rotatable bonds is 2. The van der Waals surface area contributed by atoms with Gasteiger partial charge in [0.25, 0.3) is 0 Å². The van der Waals surface area contributed by atoms with E-state index in [9.17, 15) is 22.2 Å². The standard InChI is InChI=1S/C16H17F3O2S/c17-16(18,19)14-7-2-1-6-13(14)15(20)10-8-11-4-3-5-12(9-10)22(11)21/h1-2,6-7,10-12H,3-5,8-9H2. The molecule has 0 spiro atoms. The second-order valence-corrected chi connectivity index (χ2v) is 8.07. The quantitative estimate of drug-likeness (QED) is 0.769. The molecule has 2 aliphatic rings. The minimum Gasteiger partial charge on any atom is -0.294 e. The zero-order chi connectivity index (χ0) is 15.9. The van der Waals surface area contributed by atoms with E-state index < -0.39 is 34.2 Å². The SMILES string of the molecule is O=C(c1ccccc1C(F)(F)F)C1CC2CCCC(C1)S2=O. The van der Waals surface area contributed by atoms with Gasteiger partial charge in [-0.1, -0.05) is 24.6 Å². The molecule has 0 amide bonds. The number of ketones is 1. The van der Waals surface area contributed by atoms with E-state index in [2.05, 4.69) is 0 Å². The highest BCUT2D eigenvalue weighted by Crippen LogP contribution is 2.40. The lowest BCUT2D eigenvalue weighted by Gasteiger charge is -2.37. The largest absolute Gasteiger partial charge is 0.417 e. The van der Waals surface area contributed by atoms with E-state index in [4.69, 9.17) is 0 Å². The minimum absolute atomic E-state index is 0.0282. The van der Waals surface area contributed by atoms with Crippen LogP contribution in [0.1, 0.15) is 48.0 Å². The zero-order valence-electron chi connectivity index (χ0n) is 11.9. The van der Waals surface area contributed by atoms with Crippen molar-refractivity contribution in [2.75, 3.05) is 0 Å². The Bertz CT molecular complexity index is 596. The van der Waals surface area contributed by atoms with Gasteiger partial charge in [0.15, 0.2) is 5.78 Å². The summed E-state index contributed by atoms with van der Waals surface area (Å²) in [5.74, 6) is -0.877. The molecule has 2 saturated heterocycles. The Morgan fingerprint density at radius 1 is 1.09 bits per heavy atom. The first-order valence-electron chi connectivity index (χ1n) is 7.47. The third kappa shape index (κ3) is 2.85. The van der Waals surface area contributed by atoms with Gasteiger partial charge in [0.05, 0.1) is 5.56 Å². The first-order valence-corrected chi connectivity index (χ1v) is 8.75. The number of halogens is 3. The number of carbonyl (C=O) groups is 1. The summed E-state index contributed by atoms with van der Waals surface area (Å²) in [5.41, 5.74) is -1.11. The van der Waals surface area contributed by atoms with Crippen molar-refractivity contribution in [2.45, 2.75) is 48.8 Å². The molecular formula is C16H17F3O2S. The van der Waals surface area contributed by atoms with Gasteiger partial charge in [-0.25, -0.2) is 0 Å². The minimum atomic E-state index is -4.53. The van der Waals surface area contributed by atoms with Crippen molar-refractivity contribution in [3.05, 3.63) is 35.4 Å². The molecule has 2 bridgehead atoms. The average molecular weight is 330 g/mol. The number of carbonyl (C=O) groups excluding carboxylic acids is 1. The van der Waals surface area contributed by atoms with E-state index >= 15 is 0 Å². The third-order valence-corrected chi connectivity index (χ3v) is 6.84. The molecule has 1 aromatic rings. The van der Waals surface area contributed by atoms with Crippen molar-refractivity contribution in [3.63, 3.8) is 0 Å². The van der Waals surface area contributed by atoms with Crippen LogP contribution in [0.15, 0.2) is 24.3 Å². The van der Waals surface area contributed by atoms with E-state index in [1.807, 2.05) is 0 Å². The smallest absolute Gasteiger partial charge is 0.294 e. The Morgan fingerprint density at radius 3 is 2.27 bits per heavy atom. The zero-order valence-corrected chi connectivity index (χ0v) is 12.8. The third-order valence-electron chi connectivity index (χ3n) is 4.67. The topological polar surface area (TPSA) is 34.1 Å². The van der Waals surface area contributed by atoms with Gasteiger partial charge in [-0.2, -0.15) is 13.2 Å². The van der Waals surface area contributed by atoms with Gasteiger partial charge in [-0.15, -0.1) is 0 Å². The van der Waals surface area contributed by atoms with Crippen LogP contribution < -0.4 is 0 Å². The molecular weight excluding hydrogens is 313 g/mol. The molecule has 120 valence electrons. The van der Waals surface area contributed by atoms with Crippen LogP contribution in [0, 0.1) is 5.92 Å². The van der Waals surface area contributed by atoms with Crippen LogP contribution in [0.5, 0.6) is 0 Å². The summed E-state index contributed by atoms with van der Waals surface area (Å²) < 4.78 is 51.4. The van der Waals surface area contributed by atoms with Crippen molar-refractivity contribution in [3.8, 4) is 0 Å². The molecule has 2 nitrogen and oxygen atoms in total. The molecule has 6 heteroatoms. The van der Waals surface area contributed by atoms with E-state index in [-0.39, 0.29) is 16.1 Å². The van der Waals surface area contributed by atoms with Crippen molar-refractivity contribution in [2.24, 2.45) is 5.92 Å². The predicted octanol–water partition coefficient (Wildman–Crippen LogP) is 3.97. The first kappa shape index (κ1) is 15.7. The number of alkyl halides is 3. The van der Waals surface area contributed by atoms with Gasteiger partial charge in [0.2, 0.25) is 0 Å². The average Bonchev–Trinajstić information content (AvgIpc) is 2.45. The fraction of sp³-hybridized carbons (Fsp3) is 0.562. The summed E-state index contributed by atoms with van der Waals surface area (Å²) in [7, 11) is -0.926. The lowest BCUT2D eigenvalue weighted by molar-refractivity contribution is -0.137. The molecule has 22 heavy (non-hydrogen) atoms. The fourth-order valence-corrected chi connectivity index (χ4v) is 5.80. The molecule has 2 atom stereocenters. The Balaban J connectivity index is 1.88. The molecule has 0 aromatic heterocycles. The van der Waals surface area contributed by atoms with Gasteiger partial charge in [-0.05, 0) is 31.7 Å². The van der Waals surface area contributed by atoms with Gasteiger partial charge in [0.1, 0.15) is 0 Å². The molecule has 0 radical (unpaired) electrons. The fourth-order valence-electron chi connectivity index (χ4n) is 3.61. The number of benzene rings is 1. The lowest BCUT2D eigenvalue weighted by atomic mass is 9.83. The molecule has 0 N–H and O–H groups in total. The normalized spacial score (nSPS) is 31.8. The second kappa shape index (κ2) is 5.80. The van der Waals surface area contributed by atoms with Crippen LogP contribution in [0.25, 0.3) is 0 Å². The van der Waals surface area contributed by atoms with Gasteiger partial charge < -0.3 is 0 Å². The molecule has 2 aliphatic heterocycles. The van der Waals surface area contributed by atoms with Crippen LogP contribution in [0.3, 0.4) is 0 Å². The Kier molecular flexibility index (Phi) is 4.14. The predicted molar refractivity (Wildman–Crippen MR) is 78.1 cm³/mol.